The first-order chi connectivity index (χ1) is 9.63. The van der Waals surface area contributed by atoms with E-state index in [1.807, 2.05) is 50.2 Å². The highest BCUT2D eigenvalue weighted by molar-refractivity contribution is 9.10. The Labute approximate surface area is 127 Å². The Hall–Kier alpha value is -1.68. The Morgan fingerprint density at radius 1 is 1.25 bits per heavy atom. The number of hydrogen-bond donors (Lipinski definition) is 0. The molecule has 4 heteroatoms. The summed E-state index contributed by atoms with van der Waals surface area (Å²) >= 11 is 3.47. The van der Waals surface area contributed by atoms with Crippen molar-refractivity contribution >= 4 is 21.8 Å². The number of benzene rings is 1. The molecule has 1 heterocycles. The van der Waals surface area contributed by atoms with Gasteiger partial charge in [-0.15, -0.1) is 0 Å². The minimum Gasteiger partial charge on any atom is -0.333 e. The van der Waals surface area contributed by atoms with Crippen LogP contribution in [0.4, 0.5) is 0 Å². The predicted octanol–water partition coefficient (Wildman–Crippen LogP) is 3.81. The normalized spacial score (nSPS) is 10.3. The highest BCUT2D eigenvalue weighted by Gasteiger charge is 2.17. The van der Waals surface area contributed by atoms with Crippen molar-refractivity contribution in [2.24, 2.45) is 0 Å². The van der Waals surface area contributed by atoms with Crippen LogP contribution >= 0.6 is 15.9 Å². The maximum atomic E-state index is 12.6. The van der Waals surface area contributed by atoms with Gasteiger partial charge in [0.25, 0.3) is 5.91 Å². The Balaban J connectivity index is 2.23. The molecule has 0 aliphatic heterocycles. The van der Waals surface area contributed by atoms with Crippen LogP contribution in [0.1, 0.15) is 28.5 Å². The number of hydrogen-bond acceptors (Lipinski definition) is 2. The zero-order valence-electron chi connectivity index (χ0n) is 11.6. The monoisotopic (exact) mass is 332 g/mol. The van der Waals surface area contributed by atoms with Crippen molar-refractivity contribution in [3.05, 3.63) is 63.9 Å². The van der Waals surface area contributed by atoms with E-state index in [0.29, 0.717) is 13.1 Å². The SMILES string of the molecule is CCN(Cc1ccccn1)C(=O)c1cccc(Br)c1C. The fraction of sp³-hybridized carbons (Fsp3) is 0.250. The molecule has 0 spiro atoms. The van der Waals surface area contributed by atoms with Crippen molar-refractivity contribution in [3.63, 3.8) is 0 Å². The van der Waals surface area contributed by atoms with Gasteiger partial charge in [-0.25, -0.2) is 0 Å². The fourth-order valence-corrected chi connectivity index (χ4v) is 2.39. The second kappa shape index (κ2) is 6.66. The molecule has 2 aromatic rings. The van der Waals surface area contributed by atoms with Gasteiger partial charge in [-0.2, -0.15) is 0 Å². The average Bonchev–Trinajstić information content (AvgIpc) is 2.48. The third kappa shape index (κ3) is 3.25. The average molecular weight is 333 g/mol. The van der Waals surface area contributed by atoms with Crippen molar-refractivity contribution < 1.29 is 4.79 Å². The highest BCUT2D eigenvalue weighted by Crippen LogP contribution is 2.21. The molecule has 0 atom stereocenters. The number of nitrogens with zero attached hydrogens (tertiary/aromatic N) is 2. The quantitative estimate of drug-likeness (QED) is 0.852. The largest absolute Gasteiger partial charge is 0.333 e. The lowest BCUT2D eigenvalue weighted by Gasteiger charge is -2.21. The summed E-state index contributed by atoms with van der Waals surface area (Å²) < 4.78 is 0.956. The van der Waals surface area contributed by atoms with Crippen molar-refractivity contribution in [1.29, 1.82) is 0 Å². The summed E-state index contributed by atoms with van der Waals surface area (Å²) in [4.78, 5) is 18.7. The van der Waals surface area contributed by atoms with Gasteiger partial charge in [-0.1, -0.05) is 28.1 Å². The van der Waals surface area contributed by atoms with E-state index in [2.05, 4.69) is 20.9 Å². The van der Waals surface area contributed by atoms with E-state index in [0.717, 1.165) is 21.3 Å². The maximum absolute atomic E-state index is 12.6. The van der Waals surface area contributed by atoms with Crippen LogP contribution in [-0.2, 0) is 6.54 Å². The van der Waals surface area contributed by atoms with E-state index in [1.54, 1.807) is 11.1 Å². The third-order valence-corrected chi connectivity index (χ3v) is 4.11. The fourth-order valence-electron chi connectivity index (χ4n) is 2.02. The molecule has 104 valence electrons. The standard InChI is InChI=1S/C16H17BrN2O/c1-3-19(11-13-7-4-5-10-18-13)16(20)14-8-6-9-15(17)12(14)2/h4-10H,3,11H2,1-2H3. The van der Waals surface area contributed by atoms with Gasteiger partial charge in [0.2, 0.25) is 0 Å². The van der Waals surface area contributed by atoms with E-state index < -0.39 is 0 Å². The molecule has 2 rings (SSSR count). The number of amides is 1. The van der Waals surface area contributed by atoms with Crippen molar-refractivity contribution in [3.8, 4) is 0 Å². The zero-order valence-corrected chi connectivity index (χ0v) is 13.2. The van der Waals surface area contributed by atoms with Gasteiger partial charge >= 0.3 is 0 Å². The lowest BCUT2D eigenvalue weighted by Crippen LogP contribution is -2.31. The summed E-state index contributed by atoms with van der Waals surface area (Å²) in [5.41, 5.74) is 2.60. The van der Waals surface area contributed by atoms with Gasteiger partial charge in [-0.05, 0) is 43.7 Å². The van der Waals surface area contributed by atoms with Gasteiger partial charge in [0, 0.05) is 22.8 Å². The summed E-state index contributed by atoms with van der Waals surface area (Å²) in [6.07, 6.45) is 1.75. The lowest BCUT2D eigenvalue weighted by atomic mass is 10.1. The number of aromatic nitrogens is 1. The van der Waals surface area contributed by atoms with Gasteiger partial charge in [0.1, 0.15) is 0 Å². The Bertz CT molecular complexity index is 599. The Morgan fingerprint density at radius 2 is 2.05 bits per heavy atom. The van der Waals surface area contributed by atoms with Crippen molar-refractivity contribution in [1.82, 2.24) is 9.88 Å². The summed E-state index contributed by atoms with van der Waals surface area (Å²) in [5.74, 6) is 0.0388. The molecule has 1 aromatic heterocycles. The summed E-state index contributed by atoms with van der Waals surface area (Å²) in [6, 6.07) is 11.4. The van der Waals surface area contributed by atoms with Crippen LogP contribution in [0.15, 0.2) is 47.1 Å². The highest BCUT2D eigenvalue weighted by atomic mass is 79.9. The molecule has 0 aliphatic rings. The molecule has 0 fully saturated rings. The van der Waals surface area contributed by atoms with Gasteiger partial charge in [-0.3, -0.25) is 9.78 Å². The lowest BCUT2D eigenvalue weighted by molar-refractivity contribution is 0.0750. The van der Waals surface area contributed by atoms with E-state index >= 15 is 0 Å². The summed E-state index contributed by atoms with van der Waals surface area (Å²) in [5, 5.41) is 0. The van der Waals surface area contributed by atoms with Crippen LogP contribution in [0.3, 0.4) is 0 Å². The Morgan fingerprint density at radius 3 is 2.70 bits per heavy atom. The molecular weight excluding hydrogens is 316 g/mol. The first-order valence-corrected chi connectivity index (χ1v) is 7.37. The van der Waals surface area contributed by atoms with Gasteiger partial charge in [0.15, 0.2) is 0 Å². The molecule has 0 saturated carbocycles. The smallest absolute Gasteiger partial charge is 0.254 e. The van der Waals surface area contributed by atoms with Crippen LogP contribution in [0.25, 0.3) is 0 Å². The van der Waals surface area contributed by atoms with Gasteiger partial charge in [0.05, 0.1) is 12.2 Å². The van der Waals surface area contributed by atoms with E-state index in [1.165, 1.54) is 0 Å². The molecule has 0 N–H and O–H groups in total. The number of halogens is 1. The Kier molecular flexibility index (Phi) is 4.90. The second-order valence-electron chi connectivity index (χ2n) is 4.55. The molecule has 1 aromatic carbocycles. The van der Waals surface area contributed by atoms with Crippen LogP contribution in [0.5, 0.6) is 0 Å². The number of pyridine rings is 1. The minimum absolute atomic E-state index is 0.0388. The topological polar surface area (TPSA) is 33.2 Å². The molecule has 0 saturated heterocycles. The van der Waals surface area contributed by atoms with E-state index in [4.69, 9.17) is 0 Å². The minimum atomic E-state index is 0.0388. The molecule has 0 aliphatic carbocycles. The van der Waals surface area contributed by atoms with Crippen LogP contribution in [0.2, 0.25) is 0 Å². The first kappa shape index (κ1) is 14.7. The van der Waals surface area contributed by atoms with E-state index in [-0.39, 0.29) is 5.91 Å². The molecular formula is C16H17BrN2O. The molecule has 0 unspecified atom stereocenters. The van der Waals surface area contributed by atoms with Crippen LogP contribution < -0.4 is 0 Å². The third-order valence-electron chi connectivity index (χ3n) is 3.25. The molecule has 0 radical (unpaired) electrons. The van der Waals surface area contributed by atoms with E-state index in [9.17, 15) is 4.79 Å². The predicted molar refractivity (Wildman–Crippen MR) is 83.5 cm³/mol. The molecule has 0 bridgehead atoms. The molecule has 3 nitrogen and oxygen atoms in total. The van der Waals surface area contributed by atoms with Crippen molar-refractivity contribution in [2.45, 2.75) is 20.4 Å². The van der Waals surface area contributed by atoms with Gasteiger partial charge < -0.3 is 4.90 Å². The summed E-state index contributed by atoms with van der Waals surface area (Å²) in [6.45, 7) is 5.11. The maximum Gasteiger partial charge on any atom is 0.254 e. The molecule has 20 heavy (non-hydrogen) atoms. The summed E-state index contributed by atoms with van der Waals surface area (Å²) in [7, 11) is 0. The molecule has 1 amide bonds. The zero-order chi connectivity index (χ0) is 14.5. The van der Waals surface area contributed by atoms with Crippen LogP contribution in [0, 0.1) is 6.92 Å². The van der Waals surface area contributed by atoms with Crippen LogP contribution in [-0.4, -0.2) is 22.3 Å². The number of rotatable bonds is 4. The second-order valence-corrected chi connectivity index (χ2v) is 5.41. The first-order valence-electron chi connectivity index (χ1n) is 6.57. The van der Waals surface area contributed by atoms with Crippen molar-refractivity contribution in [2.75, 3.05) is 6.54 Å². The number of carbonyl (C=O) groups is 1. The number of carbonyl (C=O) groups excluding carboxylic acids is 1.